The number of hydrogen-bond acceptors (Lipinski definition) is 5. The quantitative estimate of drug-likeness (QED) is 0.175. The van der Waals surface area contributed by atoms with Crippen LogP contribution >= 0.6 is 0 Å². The van der Waals surface area contributed by atoms with Crippen molar-refractivity contribution in [2.75, 3.05) is 0 Å². The van der Waals surface area contributed by atoms with Crippen molar-refractivity contribution in [3.8, 4) is 0 Å². The number of hydrogen-bond donors (Lipinski definition) is 2. The first-order valence-electron chi connectivity index (χ1n) is 13.6. The van der Waals surface area contributed by atoms with Crippen molar-refractivity contribution >= 4 is 17.3 Å². The van der Waals surface area contributed by atoms with Crippen LogP contribution < -0.4 is 0 Å². The van der Waals surface area contributed by atoms with Crippen LogP contribution in [0.1, 0.15) is 86.1 Å². The van der Waals surface area contributed by atoms with Crippen LogP contribution in [0.3, 0.4) is 0 Å². The van der Waals surface area contributed by atoms with Gasteiger partial charge in [-0.15, -0.1) is 0 Å². The van der Waals surface area contributed by atoms with E-state index in [0.29, 0.717) is 18.4 Å². The molecule has 2 saturated heterocycles. The number of allylic oxidation sites excluding steroid dienone is 7. The van der Waals surface area contributed by atoms with Crippen molar-refractivity contribution in [2.24, 2.45) is 16.7 Å². The first kappa shape index (κ1) is 28.3. The Morgan fingerprint density at radius 3 is 1.97 bits per heavy atom. The summed E-state index contributed by atoms with van der Waals surface area (Å²) in [5.41, 5.74) is -0.245. The molecule has 5 unspecified atom stereocenters. The fourth-order valence-corrected chi connectivity index (χ4v) is 6.85. The number of fused-ring (bicyclic) bond motifs is 1. The van der Waals surface area contributed by atoms with Crippen molar-refractivity contribution in [1.29, 1.82) is 0 Å². The van der Waals surface area contributed by atoms with Crippen LogP contribution in [0.15, 0.2) is 70.9 Å². The third kappa shape index (κ3) is 4.15. The standard InChI is InChI=1S/C33H42O5/c1-21(2)13-14-25-19-31(17-15-22(3)4)28(35)26(27(34)24-11-9-8-10-12-24)29(36)32(18-16-23(5)6)20-30(25,7)38-33(31,32)37/h8-13,15-16,25,34,37H,14,17-20H2,1-7H3. The lowest BCUT2D eigenvalue weighted by molar-refractivity contribution is -0.338. The first-order chi connectivity index (χ1) is 17.7. The zero-order chi connectivity index (χ0) is 28.1. The molecule has 2 aliphatic heterocycles. The third-order valence-electron chi connectivity index (χ3n) is 8.93. The molecule has 0 spiro atoms. The summed E-state index contributed by atoms with van der Waals surface area (Å²) < 4.78 is 6.65. The molecule has 204 valence electrons. The molecule has 0 radical (unpaired) electrons. The number of Topliss-reactive ketones (excluding diaryl/α,β-unsaturated/α-hetero) is 2. The molecule has 3 fully saturated rings. The van der Waals surface area contributed by atoms with Gasteiger partial charge >= 0.3 is 0 Å². The lowest BCUT2D eigenvalue weighted by Crippen LogP contribution is -2.70. The smallest absolute Gasteiger partial charge is 0.193 e. The van der Waals surface area contributed by atoms with Crippen LogP contribution in [0.5, 0.6) is 0 Å². The summed E-state index contributed by atoms with van der Waals surface area (Å²) in [6, 6.07) is 8.73. The lowest BCUT2D eigenvalue weighted by Gasteiger charge is -2.57. The molecule has 3 aliphatic rings. The van der Waals surface area contributed by atoms with Crippen molar-refractivity contribution in [3.05, 3.63) is 76.4 Å². The van der Waals surface area contributed by atoms with Crippen molar-refractivity contribution in [2.45, 2.75) is 92.0 Å². The summed E-state index contributed by atoms with van der Waals surface area (Å²) >= 11 is 0. The molecule has 2 N–H and O–H groups in total. The van der Waals surface area contributed by atoms with Crippen LogP contribution in [-0.2, 0) is 14.3 Å². The van der Waals surface area contributed by atoms with E-state index in [9.17, 15) is 19.8 Å². The highest BCUT2D eigenvalue weighted by Crippen LogP contribution is 2.72. The average Bonchev–Trinajstić information content (AvgIpc) is 3.08. The van der Waals surface area contributed by atoms with E-state index < -0.39 is 33.8 Å². The summed E-state index contributed by atoms with van der Waals surface area (Å²) in [7, 11) is 0. The maximum absolute atomic E-state index is 14.6. The highest BCUT2D eigenvalue weighted by Gasteiger charge is 2.82. The van der Waals surface area contributed by atoms with Gasteiger partial charge in [0.05, 0.1) is 16.4 Å². The second kappa shape index (κ2) is 9.77. The molecular weight excluding hydrogens is 476 g/mol. The molecule has 5 atom stereocenters. The number of aliphatic hydroxyl groups excluding tert-OH is 1. The minimum Gasteiger partial charge on any atom is -0.506 e. The highest BCUT2D eigenvalue weighted by atomic mass is 16.7. The molecule has 2 bridgehead atoms. The largest absolute Gasteiger partial charge is 0.506 e. The topological polar surface area (TPSA) is 83.8 Å². The molecule has 1 saturated carbocycles. The fourth-order valence-electron chi connectivity index (χ4n) is 6.85. The monoisotopic (exact) mass is 518 g/mol. The number of ketones is 2. The number of carbonyl (C=O) groups excluding carboxylic acids is 2. The zero-order valence-corrected chi connectivity index (χ0v) is 23.9. The van der Waals surface area contributed by atoms with Crippen LogP contribution in [0.2, 0.25) is 0 Å². The number of rotatable bonds is 7. The number of benzene rings is 1. The molecule has 0 amide bonds. The van der Waals surface area contributed by atoms with Crippen molar-refractivity contribution in [3.63, 3.8) is 0 Å². The van der Waals surface area contributed by atoms with Crippen LogP contribution in [0.4, 0.5) is 0 Å². The summed E-state index contributed by atoms with van der Waals surface area (Å²) in [5.74, 6) is -3.46. The van der Waals surface area contributed by atoms with E-state index in [-0.39, 0.29) is 36.5 Å². The second-order valence-electron chi connectivity index (χ2n) is 12.5. The average molecular weight is 519 g/mol. The first-order valence-corrected chi connectivity index (χ1v) is 13.6. The van der Waals surface area contributed by atoms with Gasteiger partial charge in [0.2, 0.25) is 0 Å². The lowest BCUT2D eigenvalue weighted by atomic mass is 9.51. The highest BCUT2D eigenvalue weighted by molar-refractivity contribution is 6.30. The van der Waals surface area contributed by atoms with Gasteiger partial charge in [-0.05, 0) is 86.5 Å². The van der Waals surface area contributed by atoms with Gasteiger partial charge in [-0.25, -0.2) is 0 Å². The fraction of sp³-hybridized carbons (Fsp3) is 0.515. The normalized spacial score (nSPS) is 35.0. The van der Waals surface area contributed by atoms with Gasteiger partial charge in [0.15, 0.2) is 17.4 Å². The number of carbonyl (C=O) groups is 2. The Kier molecular flexibility index (Phi) is 7.26. The summed E-state index contributed by atoms with van der Waals surface area (Å²) in [6.07, 6.45) is 7.82. The van der Waals surface area contributed by atoms with Gasteiger partial charge in [0.1, 0.15) is 11.3 Å². The van der Waals surface area contributed by atoms with Crippen LogP contribution in [-0.4, -0.2) is 33.2 Å². The Bertz CT molecular complexity index is 1260. The molecule has 1 aromatic rings. The zero-order valence-electron chi connectivity index (χ0n) is 23.9. The Labute approximate surface area is 227 Å². The Balaban J connectivity index is 2.06. The molecule has 4 rings (SSSR count). The summed E-state index contributed by atoms with van der Waals surface area (Å²) in [6.45, 7) is 13.9. The molecule has 0 aromatic heterocycles. The minimum absolute atomic E-state index is 0.0909. The molecule has 5 heteroatoms. The maximum Gasteiger partial charge on any atom is 0.193 e. The Morgan fingerprint density at radius 2 is 1.42 bits per heavy atom. The minimum atomic E-state index is -2.00. The predicted octanol–water partition coefficient (Wildman–Crippen LogP) is 7.04. The predicted molar refractivity (Wildman–Crippen MR) is 150 cm³/mol. The van der Waals surface area contributed by atoms with E-state index in [2.05, 4.69) is 6.08 Å². The van der Waals surface area contributed by atoms with Crippen LogP contribution in [0, 0.1) is 16.7 Å². The van der Waals surface area contributed by atoms with Gasteiger partial charge in [0.25, 0.3) is 0 Å². The Hall–Kier alpha value is -2.76. The molecule has 1 aliphatic carbocycles. The van der Waals surface area contributed by atoms with Gasteiger partial charge in [-0.1, -0.05) is 65.3 Å². The molecule has 1 aromatic carbocycles. The third-order valence-corrected chi connectivity index (χ3v) is 8.93. The summed E-state index contributed by atoms with van der Waals surface area (Å²) in [4.78, 5) is 29.2. The number of aliphatic hydroxyl groups is 2. The molecule has 2 heterocycles. The van der Waals surface area contributed by atoms with Gasteiger partial charge in [-0.3, -0.25) is 9.59 Å². The number of ether oxygens (including phenoxy) is 1. The molecule has 5 nitrogen and oxygen atoms in total. The van der Waals surface area contributed by atoms with Gasteiger partial charge < -0.3 is 14.9 Å². The van der Waals surface area contributed by atoms with E-state index in [1.807, 2.05) is 66.7 Å². The van der Waals surface area contributed by atoms with E-state index in [1.54, 1.807) is 24.3 Å². The summed E-state index contributed by atoms with van der Waals surface area (Å²) in [5, 5.41) is 24.1. The van der Waals surface area contributed by atoms with E-state index in [0.717, 1.165) is 16.7 Å². The molecule has 38 heavy (non-hydrogen) atoms. The van der Waals surface area contributed by atoms with Gasteiger partial charge in [0, 0.05) is 5.56 Å². The Morgan fingerprint density at radius 1 is 0.895 bits per heavy atom. The SMILES string of the molecule is CC(C)=CCC1CC2(CC=C(C)C)C(=O)C(=C(O)c3ccccc3)C(=O)C3(CC=C(C)C)CC1(C)OC23O. The van der Waals surface area contributed by atoms with E-state index in [4.69, 9.17) is 4.74 Å². The van der Waals surface area contributed by atoms with Crippen molar-refractivity contribution in [1.82, 2.24) is 0 Å². The molecular formula is C33H42O5. The van der Waals surface area contributed by atoms with Crippen molar-refractivity contribution < 1.29 is 24.5 Å². The second-order valence-corrected chi connectivity index (χ2v) is 12.5. The van der Waals surface area contributed by atoms with Crippen LogP contribution in [0.25, 0.3) is 5.76 Å². The van der Waals surface area contributed by atoms with Gasteiger partial charge in [-0.2, -0.15) is 0 Å². The van der Waals surface area contributed by atoms with E-state index >= 15 is 0 Å². The van der Waals surface area contributed by atoms with E-state index in [1.165, 1.54) is 0 Å². The maximum atomic E-state index is 14.6.